The highest BCUT2D eigenvalue weighted by Gasteiger charge is 2.35. The Balaban J connectivity index is 0.000000178. The Morgan fingerprint density at radius 1 is 0.227 bits per heavy atom. The maximum Gasteiger partial charge on any atom is 0.416 e. The van der Waals surface area contributed by atoms with Crippen LogP contribution in [0.5, 0.6) is 57.5 Å². The number of phenols is 5. The van der Waals surface area contributed by atoms with Gasteiger partial charge in [-0.15, -0.1) is 0 Å². The molecule has 780 valence electrons. The second-order valence-corrected chi connectivity index (χ2v) is 36.9. The maximum absolute atomic E-state index is 13.3. The molecule has 15 aromatic rings. The van der Waals surface area contributed by atoms with E-state index in [0.29, 0.717) is 118 Å². The van der Waals surface area contributed by atoms with Crippen molar-refractivity contribution < 1.29 is 117 Å². The van der Waals surface area contributed by atoms with Crippen molar-refractivity contribution in [2.24, 2.45) is 0 Å². The standard InChI is InChI=1S/C22H15Cl3F3NO3.2C22H16Cl2F3NO3.C21H16Cl3NO3.C21H16Cl2FNO3/c23-14-3-5-19(30)15(11-14)21(31)29-18-10-13(22(26,27)28)2-6-20(18)32-8-7-12-1-4-16(24)17(25)9-12;23-15-4-1-13(2-5-15)9-10-31-20-8-3-14(22(25,26)27)11-18(20)28-21(30)17-12-16(24)6-7-19(17)29;23-15-5-7-19(29)17(11-15)21(30)28-18-12-16(24)6-8-20(18)31-10-9-13-1-3-14(4-2-13)22(25,26)27;22-14-3-1-13(2-4-14)9-10-28-20-12-16(24)5-7-18(20)25-21(27)17-11-15(23)6-8-19(17)26;22-14-4-6-19(26)17(11-14)21(27)25-18-12-15(23)5-7-20(18)28-9-8-13-2-1-3-16(24)10-13/h1-6,9-11,30H,7-8H2,(H,29,31);2*1-8,11-12,29H,9-10H2,(H,28,30);1-8,11-12,26H,9-10H2,(H,25,27);1-7,10-12,26H,8-9H2,(H,25,27). The molecule has 0 aromatic heterocycles. The predicted octanol–water partition coefficient (Wildman–Crippen LogP) is 32.4. The number of ether oxygens (including phenoxy) is 5. The van der Waals surface area contributed by atoms with Gasteiger partial charge in [0.15, 0.2) is 0 Å². The van der Waals surface area contributed by atoms with Gasteiger partial charge >= 0.3 is 18.5 Å². The van der Waals surface area contributed by atoms with Crippen LogP contribution < -0.4 is 50.3 Å². The van der Waals surface area contributed by atoms with Gasteiger partial charge in [-0.25, -0.2) is 4.39 Å². The first-order chi connectivity index (χ1) is 71.1. The molecule has 0 aliphatic carbocycles. The number of phenolic OH excluding ortho intramolecular Hbond substituents is 5. The third-order valence-electron chi connectivity index (χ3n) is 20.9. The summed E-state index contributed by atoms with van der Waals surface area (Å²) in [4.78, 5) is 62.7. The number of nitrogens with one attached hydrogen (secondary N) is 5. The van der Waals surface area contributed by atoms with Crippen LogP contribution in [0.4, 0.5) is 72.3 Å². The lowest BCUT2D eigenvalue weighted by atomic mass is 10.1. The van der Waals surface area contributed by atoms with Crippen molar-refractivity contribution in [3.05, 3.63) is 436 Å². The summed E-state index contributed by atoms with van der Waals surface area (Å²) in [5.74, 6) is -3.80. The van der Waals surface area contributed by atoms with Gasteiger partial charge in [-0.05, 0) is 264 Å². The van der Waals surface area contributed by atoms with Crippen LogP contribution in [0, 0.1) is 5.82 Å². The number of benzene rings is 15. The first-order valence-electron chi connectivity index (χ1n) is 43.9. The quantitative estimate of drug-likeness (QED) is 0.0187. The van der Waals surface area contributed by atoms with Gasteiger partial charge in [0.1, 0.15) is 63.3 Å². The summed E-state index contributed by atoms with van der Waals surface area (Å²) < 4.78 is 159. The molecule has 42 heteroatoms. The van der Waals surface area contributed by atoms with Crippen molar-refractivity contribution in [2.45, 2.75) is 50.6 Å². The number of carbonyl (C=O) groups is 5. The van der Waals surface area contributed by atoms with Gasteiger partial charge in [0.2, 0.25) is 0 Å². The van der Waals surface area contributed by atoms with Crippen LogP contribution in [0.15, 0.2) is 297 Å². The minimum atomic E-state index is -4.63. The SMILES string of the molecule is O=C(Nc1cc(C(F)(F)F)ccc1OCCc1ccc(Cl)c(Cl)c1)c1cc(Cl)ccc1O.O=C(Nc1cc(C(F)(F)F)ccc1OCCc1ccc(Cl)cc1)c1cc(Cl)ccc1O.O=C(Nc1cc(Cl)ccc1OCCc1ccc(C(F)(F)F)cc1)c1cc(Cl)ccc1O.O=C(Nc1cc(Cl)ccc1OCCc1cccc(F)c1)c1cc(Cl)ccc1O.O=C(Nc1ccc(Cl)cc1OCCc1ccc(Cl)cc1)c1cc(Cl)ccc1O. The van der Waals surface area contributed by atoms with E-state index >= 15 is 0 Å². The van der Waals surface area contributed by atoms with Crippen LogP contribution in [0.2, 0.25) is 60.3 Å². The Morgan fingerprint density at radius 3 is 0.793 bits per heavy atom. The van der Waals surface area contributed by atoms with Crippen LogP contribution in [0.25, 0.3) is 0 Å². The number of hydrogen-bond acceptors (Lipinski definition) is 15. The third kappa shape index (κ3) is 36.1. The monoisotopic (exact) mass is 2300 g/mol. The summed E-state index contributed by atoms with van der Waals surface area (Å²) >= 11 is 71.1. The molecule has 0 atom stereocenters. The highest BCUT2D eigenvalue weighted by Crippen LogP contribution is 2.42. The van der Waals surface area contributed by atoms with Crippen molar-refractivity contribution in [1.82, 2.24) is 0 Å². The topological polar surface area (TPSA) is 293 Å². The maximum atomic E-state index is 13.3. The lowest BCUT2D eigenvalue weighted by molar-refractivity contribution is -0.138. The highest BCUT2D eigenvalue weighted by atomic mass is 35.5. The Hall–Kier alpha value is -13.6. The Labute approximate surface area is 910 Å². The highest BCUT2D eigenvalue weighted by molar-refractivity contribution is 6.42. The zero-order chi connectivity index (χ0) is 109. The largest absolute Gasteiger partial charge is 0.507 e. The zero-order valence-electron chi connectivity index (χ0n) is 77.0. The summed E-state index contributed by atoms with van der Waals surface area (Å²) in [5, 5.41) is 66.7. The number of aromatic hydroxyl groups is 5. The van der Waals surface area contributed by atoms with Crippen LogP contribution >= 0.6 is 139 Å². The van der Waals surface area contributed by atoms with E-state index in [0.717, 1.165) is 70.8 Å². The number of rotatable bonds is 30. The zero-order valence-corrected chi connectivity index (χ0v) is 86.1. The van der Waals surface area contributed by atoms with Crippen LogP contribution in [0.3, 0.4) is 0 Å². The summed E-state index contributed by atoms with van der Waals surface area (Å²) in [6, 6.07) is 70.5. The first kappa shape index (κ1) is 117. The Kier molecular flexibility index (Phi) is 42.6. The fraction of sp³-hybridized carbons (Fsp3) is 0.120. The molecule has 150 heavy (non-hydrogen) atoms. The average molecular weight is 2300 g/mol. The summed E-state index contributed by atoms with van der Waals surface area (Å²) in [6.07, 6.45) is -11.3. The number of hydrogen-bond donors (Lipinski definition) is 10. The fourth-order valence-corrected chi connectivity index (χ4v) is 15.3. The number of alkyl halides is 9. The molecule has 0 fully saturated rings. The molecule has 0 saturated heterocycles. The smallest absolute Gasteiger partial charge is 0.416 e. The minimum Gasteiger partial charge on any atom is -0.507 e. The molecular weight excluding hydrogens is 2220 g/mol. The summed E-state index contributed by atoms with van der Waals surface area (Å²) in [5.41, 5.74) is 1.95. The number of halogens is 22. The van der Waals surface area contributed by atoms with Gasteiger partial charge < -0.3 is 75.8 Å². The normalized spacial score (nSPS) is 11.0. The van der Waals surface area contributed by atoms with Crippen molar-refractivity contribution in [3.63, 3.8) is 0 Å². The van der Waals surface area contributed by atoms with E-state index in [-0.39, 0.29) is 132 Å². The molecule has 15 rings (SSSR count). The summed E-state index contributed by atoms with van der Waals surface area (Å²) in [6.45, 7) is 1.05. The van der Waals surface area contributed by atoms with E-state index in [1.807, 2.05) is 36.4 Å². The van der Waals surface area contributed by atoms with Crippen LogP contribution in [-0.4, -0.2) is 88.1 Å². The molecule has 0 radical (unpaired) electrons. The van der Waals surface area contributed by atoms with E-state index in [2.05, 4.69) is 26.6 Å². The van der Waals surface area contributed by atoms with E-state index in [9.17, 15) is 93.4 Å². The van der Waals surface area contributed by atoms with E-state index < -0.39 is 64.8 Å². The molecule has 0 spiro atoms. The number of amides is 5. The summed E-state index contributed by atoms with van der Waals surface area (Å²) in [7, 11) is 0. The van der Waals surface area contributed by atoms with Gasteiger partial charge in [-0.1, -0.05) is 194 Å². The van der Waals surface area contributed by atoms with Crippen molar-refractivity contribution >= 4 is 197 Å². The molecule has 0 bridgehead atoms. The third-order valence-corrected chi connectivity index (χ3v) is 24.0. The molecular formula is C108H79Cl12F10N5O15. The van der Waals surface area contributed by atoms with E-state index in [1.54, 1.807) is 91.0 Å². The van der Waals surface area contributed by atoms with Gasteiger partial charge in [0.05, 0.1) is 116 Å². The van der Waals surface area contributed by atoms with Gasteiger partial charge in [-0.2, -0.15) is 39.5 Å². The second-order valence-electron chi connectivity index (χ2n) is 31.7. The molecule has 0 aliphatic heterocycles. The fourth-order valence-electron chi connectivity index (χ4n) is 13.4. The molecule has 20 nitrogen and oxygen atoms in total. The van der Waals surface area contributed by atoms with Gasteiger partial charge in [0.25, 0.3) is 29.5 Å². The van der Waals surface area contributed by atoms with Crippen LogP contribution in [0.1, 0.15) is 96.3 Å². The lowest BCUT2D eigenvalue weighted by Gasteiger charge is -2.16. The van der Waals surface area contributed by atoms with E-state index in [4.69, 9.17) is 163 Å². The average Bonchev–Trinajstić information content (AvgIpc) is 0.806. The van der Waals surface area contributed by atoms with Crippen molar-refractivity contribution in [3.8, 4) is 57.5 Å². The van der Waals surface area contributed by atoms with Gasteiger partial charge in [-0.3, -0.25) is 24.0 Å². The molecule has 0 unspecified atom stereocenters. The van der Waals surface area contributed by atoms with Gasteiger partial charge in [0, 0.05) is 88.4 Å². The molecule has 10 N–H and O–H groups in total. The molecule has 5 amide bonds. The predicted molar refractivity (Wildman–Crippen MR) is 566 cm³/mol. The van der Waals surface area contributed by atoms with Crippen molar-refractivity contribution in [2.75, 3.05) is 59.6 Å². The molecule has 0 saturated carbocycles. The minimum absolute atomic E-state index is 0.0212. The number of anilines is 5. The second kappa shape index (κ2) is 54.7. The lowest BCUT2D eigenvalue weighted by Crippen LogP contribution is -2.15. The van der Waals surface area contributed by atoms with E-state index in [1.165, 1.54) is 121 Å². The first-order valence-corrected chi connectivity index (χ1v) is 48.5. The van der Waals surface area contributed by atoms with Crippen LogP contribution in [-0.2, 0) is 50.6 Å². The molecule has 0 heterocycles. The Morgan fingerprint density at radius 2 is 0.473 bits per heavy atom. The Bertz CT molecular complexity index is 7310. The number of carbonyl (C=O) groups excluding carboxylic acids is 5. The molecule has 0 aliphatic rings. The molecule has 15 aromatic carbocycles. The van der Waals surface area contributed by atoms with Crippen molar-refractivity contribution in [1.29, 1.82) is 0 Å².